The second-order valence-corrected chi connectivity index (χ2v) is 7.99. The van der Waals surface area contributed by atoms with Crippen LogP contribution in [0.15, 0.2) is 35.5 Å². The van der Waals surface area contributed by atoms with Gasteiger partial charge in [0, 0.05) is 20.0 Å². The quantitative estimate of drug-likeness (QED) is 0.717. The van der Waals surface area contributed by atoms with Crippen molar-refractivity contribution in [1.29, 1.82) is 0 Å². The molecule has 0 spiro atoms. The van der Waals surface area contributed by atoms with Gasteiger partial charge in [0.15, 0.2) is 5.16 Å². The number of thioether (sulfide) groups is 1. The molecule has 26 heavy (non-hydrogen) atoms. The minimum atomic E-state index is 0.0191. The van der Waals surface area contributed by atoms with Gasteiger partial charge in [0.25, 0.3) is 0 Å². The molecule has 1 saturated carbocycles. The second kappa shape index (κ2) is 9.76. The van der Waals surface area contributed by atoms with Crippen LogP contribution in [-0.2, 0) is 24.8 Å². The Morgan fingerprint density at radius 2 is 1.96 bits per heavy atom. The van der Waals surface area contributed by atoms with Crippen molar-refractivity contribution >= 4 is 17.7 Å². The predicted molar refractivity (Wildman–Crippen MR) is 105 cm³/mol. The summed E-state index contributed by atoms with van der Waals surface area (Å²) < 4.78 is 2.04. The number of nitrogens with one attached hydrogen (secondary N) is 1. The maximum Gasteiger partial charge on any atom is 0.230 e. The van der Waals surface area contributed by atoms with Gasteiger partial charge >= 0.3 is 0 Å². The zero-order chi connectivity index (χ0) is 18.2. The monoisotopic (exact) mass is 372 g/mol. The molecule has 1 amide bonds. The maximum atomic E-state index is 12.1. The van der Waals surface area contributed by atoms with Crippen LogP contribution >= 0.6 is 11.8 Å². The van der Waals surface area contributed by atoms with Crippen molar-refractivity contribution in [2.75, 3.05) is 5.75 Å². The molecule has 1 aromatic heterocycles. The Morgan fingerprint density at radius 1 is 1.19 bits per heavy atom. The molecule has 1 aliphatic rings. The third-order valence-corrected chi connectivity index (χ3v) is 6.11. The Morgan fingerprint density at radius 3 is 2.73 bits per heavy atom. The number of aromatic nitrogens is 3. The first kappa shape index (κ1) is 19.0. The van der Waals surface area contributed by atoms with Gasteiger partial charge in [-0.2, -0.15) is 0 Å². The Bertz CT molecular complexity index is 695. The van der Waals surface area contributed by atoms with Crippen LogP contribution in [-0.4, -0.2) is 26.4 Å². The molecule has 5 nitrogen and oxygen atoms in total. The van der Waals surface area contributed by atoms with E-state index in [1.165, 1.54) is 50.3 Å². The van der Waals surface area contributed by atoms with Gasteiger partial charge in [0.2, 0.25) is 5.91 Å². The number of hydrogen-bond donors (Lipinski definition) is 1. The van der Waals surface area contributed by atoms with E-state index >= 15 is 0 Å². The highest BCUT2D eigenvalue weighted by Gasteiger charge is 2.16. The SMILES string of the molecule is Cn1c(CCC2CCCCC2)nnc1SCC(=O)NCc1ccccc1. The van der Waals surface area contributed by atoms with Crippen LogP contribution in [0.3, 0.4) is 0 Å². The summed E-state index contributed by atoms with van der Waals surface area (Å²) in [6, 6.07) is 9.94. The summed E-state index contributed by atoms with van der Waals surface area (Å²) >= 11 is 1.45. The molecule has 0 bridgehead atoms. The van der Waals surface area contributed by atoms with Gasteiger partial charge in [-0.3, -0.25) is 4.79 Å². The molecule has 140 valence electrons. The largest absolute Gasteiger partial charge is 0.351 e. The highest BCUT2D eigenvalue weighted by molar-refractivity contribution is 7.99. The lowest BCUT2D eigenvalue weighted by atomic mass is 9.86. The lowest BCUT2D eigenvalue weighted by molar-refractivity contribution is -0.118. The van der Waals surface area contributed by atoms with Crippen LogP contribution < -0.4 is 5.32 Å². The Kier molecular flexibility index (Phi) is 7.12. The number of aryl methyl sites for hydroxylation is 1. The number of nitrogens with zero attached hydrogens (tertiary/aromatic N) is 3. The van der Waals surface area contributed by atoms with Gasteiger partial charge in [0.05, 0.1) is 5.75 Å². The molecule has 3 rings (SSSR count). The summed E-state index contributed by atoms with van der Waals surface area (Å²) in [4.78, 5) is 12.1. The number of benzene rings is 1. The van der Waals surface area contributed by atoms with E-state index in [2.05, 4.69) is 15.5 Å². The Balaban J connectivity index is 1.41. The molecule has 0 atom stereocenters. The molecule has 0 unspecified atom stereocenters. The van der Waals surface area contributed by atoms with Gasteiger partial charge < -0.3 is 9.88 Å². The average Bonchev–Trinajstić information content (AvgIpc) is 3.04. The lowest BCUT2D eigenvalue weighted by Crippen LogP contribution is -2.24. The number of amides is 1. The molecule has 0 saturated heterocycles. The number of rotatable bonds is 8. The first-order valence-corrected chi connectivity index (χ1v) is 10.5. The van der Waals surface area contributed by atoms with Crippen molar-refractivity contribution in [1.82, 2.24) is 20.1 Å². The third-order valence-electron chi connectivity index (χ3n) is 5.09. The molecule has 1 fully saturated rings. The van der Waals surface area contributed by atoms with E-state index in [4.69, 9.17) is 0 Å². The summed E-state index contributed by atoms with van der Waals surface area (Å²) in [5.41, 5.74) is 1.11. The van der Waals surface area contributed by atoms with Crippen LogP contribution in [0, 0.1) is 5.92 Å². The van der Waals surface area contributed by atoms with E-state index < -0.39 is 0 Å². The van der Waals surface area contributed by atoms with Crippen LogP contribution in [0.25, 0.3) is 0 Å². The smallest absolute Gasteiger partial charge is 0.230 e. The molecule has 6 heteroatoms. The molecule has 1 heterocycles. The number of carbonyl (C=O) groups excluding carboxylic acids is 1. The van der Waals surface area contributed by atoms with E-state index in [0.29, 0.717) is 12.3 Å². The summed E-state index contributed by atoms with van der Waals surface area (Å²) in [6.45, 7) is 0.561. The molecular formula is C20H28N4OS. The Hall–Kier alpha value is -1.82. The number of hydrogen-bond acceptors (Lipinski definition) is 4. The normalized spacial score (nSPS) is 15.1. The zero-order valence-corrected chi connectivity index (χ0v) is 16.3. The molecule has 2 aromatic rings. The van der Waals surface area contributed by atoms with Crippen molar-refractivity contribution in [3.63, 3.8) is 0 Å². The van der Waals surface area contributed by atoms with Crippen molar-refractivity contribution < 1.29 is 4.79 Å². The van der Waals surface area contributed by atoms with E-state index in [9.17, 15) is 4.79 Å². The fourth-order valence-electron chi connectivity index (χ4n) is 3.48. The first-order chi connectivity index (χ1) is 12.7. The van der Waals surface area contributed by atoms with Crippen LogP contribution in [0.5, 0.6) is 0 Å². The maximum absolute atomic E-state index is 12.1. The molecular weight excluding hydrogens is 344 g/mol. The highest BCUT2D eigenvalue weighted by atomic mass is 32.2. The van der Waals surface area contributed by atoms with Gasteiger partial charge in [-0.25, -0.2) is 0 Å². The molecule has 0 radical (unpaired) electrons. The van der Waals surface area contributed by atoms with E-state index in [1.807, 2.05) is 41.9 Å². The van der Waals surface area contributed by atoms with Gasteiger partial charge in [0.1, 0.15) is 5.82 Å². The fraction of sp³-hybridized carbons (Fsp3) is 0.550. The minimum absolute atomic E-state index is 0.0191. The minimum Gasteiger partial charge on any atom is -0.351 e. The van der Waals surface area contributed by atoms with Crippen LogP contribution in [0.2, 0.25) is 0 Å². The average molecular weight is 373 g/mol. The van der Waals surface area contributed by atoms with Crippen molar-refractivity contribution in [3.05, 3.63) is 41.7 Å². The molecule has 0 aliphatic heterocycles. The van der Waals surface area contributed by atoms with E-state index in [-0.39, 0.29) is 5.91 Å². The van der Waals surface area contributed by atoms with Gasteiger partial charge in [-0.1, -0.05) is 74.2 Å². The van der Waals surface area contributed by atoms with Gasteiger partial charge in [-0.15, -0.1) is 10.2 Å². The molecule has 1 N–H and O–H groups in total. The van der Waals surface area contributed by atoms with Gasteiger partial charge in [-0.05, 0) is 17.9 Å². The van der Waals surface area contributed by atoms with Crippen LogP contribution in [0.4, 0.5) is 0 Å². The van der Waals surface area contributed by atoms with Crippen LogP contribution in [0.1, 0.15) is 49.9 Å². The second-order valence-electron chi connectivity index (χ2n) is 7.05. The Labute approximate surface area is 160 Å². The van der Waals surface area contributed by atoms with Crippen molar-refractivity contribution in [2.24, 2.45) is 13.0 Å². The van der Waals surface area contributed by atoms with Crippen molar-refractivity contribution in [3.8, 4) is 0 Å². The fourth-order valence-corrected chi connectivity index (χ4v) is 4.23. The highest BCUT2D eigenvalue weighted by Crippen LogP contribution is 2.27. The first-order valence-electron chi connectivity index (χ1n) is 9.54. The summed E-state index contributed by atoms with van der Waals surface area (Å²) in [7, 11) is 2.00. The third kappa shape index (κ3) is 5.59. The summed E-state index contributed by atoms with van der Waals surface area (Å²) in [5, 5.41) is 12.4. The van der Waals surface area contributed by atoms with Crippen molar-refractivity contribution in [2.45, 2.75) is 56.6 Å². The predicted octanol–water partition coefficient (Wildman–Crippen LogP) is 3.74. The number of carbonyl (C=O) groups is 1. The zero-order valence-electron chi connectivity index (χ0n) is 15.5. The standard InChI is InChI=1S/C20H28N4OS/c1-24-18(13-12-16-8-4-2-5-9-16)22-23-20(24)26-15-19(25)21-14-17-10-6-3-7-11-17/h3,6-7,10-11,16H,2,4-5,8-9,12-15H2,1H3,(H,21,25). The lowest BCUT2D eigenvalue weighted by Gasteiger charge is -2.20. The molecule has 1 aromatic carbocycles. The topological polar surface area (TPSA) is 59.8 Å². The van der Waals surface area contributed by atoms with E-state index in [0.717, 1.165) is 28.9 Å². The van der Waals surface area contributed by atoms with E-state index in [1.54, 1.807) is 0 Å². The molecule has 1 aliphatic carbocycles. The summed E-state index contributed by atoms with van der Waals surface area (Å²) in [6.07, 6.45) is 9.06. The summed E-state index contributed by atoms with van der Waals surface area (Å²) in [5.74, 6) is 2.26.